The highest BCUT2D eigenvalue weighted by atomic mass is 32.2. The molecule has 2 aromatic carbocycles. The number of aromatic carboxylic acids is 1. The predicted octanol–water partition coefficient (Wildman–Crippen LogP) is 3.34. The Kier molecular flexibility index (Phi) is 5.27. The minimum absolute atomic E-state index is 0.0166. The van der Waals surface area contributed by atoms with Crippen LogP contribution in [0.25, 0.3) is 0 Å². The van der Waals surface area contributed by atoms with Crippen molar-refractivity contribution >= 4 is 33.3 Å². The maximum absolute atomic E-state index is 12.4. The molecule has 0 radical (unpaired) electrons. The highest BCUT2D eigenvalue weighted by Crippen LogP contribution is 2.20. The number of nitrogens with one attached hydrogen (secondary N) is 2. The largest absolute Gasteiger partial charge is 0.478 e. The van der Waals surface area contributed by atoms with E-state index in [0.29, 0.717) is 17.3 Å². The maximum atomic E-state index is 12.4. The molecule has 0 unspecified atom stereocenters. The quantitative estimate of drug-likeness (QED) is 0.582. The second-order valence-corrected chi connectivity index (χ2v) is 7.79. The average molecular weight is 398 g/mol. The summed E-state index contributed by atoms with van der Waals surface area (Å²) in [6.07, 6.45) is 0. The van der Waals surface area contributed by atoms with Gasteiger partial charge in [0.1, 0.15) is 0 Å². The topological polar surface area (TPSA) is 121 Å². The van der Waals surface area contributed by atoms with Gasteiger partial charge in [0, 0.05) is 22.8 Å². The lowest BCUT2D eigenvalue weighted by atomic mass is 10.2. The third kappa shape index (κ3) is 4.63. The van der Waals surface area contributed by atoms with Crippen LogP contribution in [-0.2, 0) is 10.0 Å². The molecule has 0 saturated heterocycles. The molecule has 0 aliphatic carbocycles. The van der Waals surface area contributed by atoms with E-state index in [0.717, 1.165) is 11.4 Å². The van der Waals surface area contributed by atoms with Crippen LogP contribution < -0.4 is 10.0 Å². The fourth-order valence-corrected chi connectivity index (χ4v) is 3.58. The van der Waals surface area contributed by atoms with Crippen LogP contribution in [-0.4, -0.2) is 29.5 Å². The normalized spacial score (nSPS) is 11.1. The van der Waals surface area contributed by atoms with Crippen molar-refractivity contribution in [2.45, 2.75) is 18.7 Å². The van der Waals surface area contributed by atoms with Gasteiger partial charge in [0.25, 0.3) is 10.0 Å². The van der Waals surface area contributed by atoms with Gasteiger partial charge < -0.3 is 10.4 Å². The summed E-state index contributed by atoms with van der Waals surface area (Å²) in [6.45, 7) is 3.75. The van der Waals surface area contributed by atoms with Crippen LogP contribution in [0.2, 0.25) is 0 Å². The first-order valence-electron chi connectivity index (χ1n) is 8.28. The second kappa shape index (κ2) is 7.65. The van der Waals surface area contributed by atoms with Gasteiger partial charge in [-0.05, 0) is 68.4 Å². The SMILES string of the molecule is Cc1cc(C)nc(Nc2ccc(NS(=O)(=O)c3ccc(C(=O)O)cc3)cc2)n1. The van der Waals surface area contributed by atoms with E-state index in [1.165, 1.54) is 24.3 Å². The molecule has 0 spiro atoms. The Labute approximate surface area is 162 Å². The molecule has 28 heavy (non-hydrogen) atoms. The average Bonchev–Trinajstić information content (AvgIpc) is 2.62. The molecule has 144 valence electrons. The minimum atomic E-state index is -3.83. The fraction of sp³-hybridized carbons (Fsp3) is 0.105. The molecule has 0 amide bonds. The minimum Gasteiger partial charge on any atom is -0.478 e. The van der Waals surface area contributed by atoms with Gasteiger partial charge in [-0.3, -0.25) is 4.72 Å². The van der Waals surface area contributed by atoms with E-state index in [1.807, 2.05) is 19.9 Å². The highest BCUT2D eigenvalue weighted by Gasteiger charge is 2.15. The van der Waals surface area contributed by atoms with Crippen LogP contribution >= 0.6 is 0 Å². The second-order valence-electron chi connectivity index (χ2n) is 6.11. The van der Waals surface area contributed by atoms with Crippen molar-refractivity contribution in [1.29, 1.82) is 0 Å². The lowest BCUT2D eigenvalue weighted by molar-refractivity contribution is 0.0696. The number of aryl methyl sites for hydroxylation is 2. The molecule has 0 aliphatic heterocycles. The van der Waals surface area contributed by atoms with Crippen molar-refractivity contribution in [2.24, 2.45) is 0 Å². The van der Waals surface area contributed by atoms with E-state index in [-0.39, 0.29) is 10.5 Å². The Balaban J connectivity index is 1.73. The number of hydrogen-bond donors (Lipinski definition) is 3. The van der Waals surface area contributed by atoms with Gasteiger partial charge in [-0.25, -0.2) is 23.2 Å². The van der Waals surface area contributed by atoms with Gasteiger partial charge in [-0.15, -0.1) is 0 Å². The Morgan fingerprint density at radius 3 is 1.96 bits per heavy atom. The van der Waals surface area contributed by atoms with Crippen molar-refractivity contribution in [3.8, 4) is 0 Å². The lowest BCUT2D eigenvalue weighted by Gasteiger charge is -2.10. The van der Waals surface area contributed by atoms with Gasteiger partial charge in [-0.2, -0.15) is 0 Å². The summed E-state index contributed by atoms with van der Waals surface area (Å²) in [4.78, 5) is 19.4. The van der Waals surface area contributed by atoms with E-state index >= 15 is 0 Å². The van der Waals surface area contributed by atoms with Gasteiger partial charge in [0.05, 0.1) is 10.5 Å². The van der Waals surface area contributed by atoms with E-state index in [2.05, 4.69) is 20.0 Å². The smallest absolute Gasteiger partial charge is 0.335 e. The molecule has 3 rings (SSSR count). The molecule has 0 atom stereocenters. The Morgan fingerprint density at radius 1 is 0.893 bits per heavy atom. The number of anilines is 3. The Hall–Kier alpha value is -3.46. The molecule has 9 heteroatoms. The number of hydrogen-bond acceptors (Lipinski definition) is 6. The molecule has 8 nitrogen and oxygen atoms in total. The summed E-state index contributed by atoms with van der Waals surface area (Å²) in [5.41, 5.74) is 2.78. The van der Waals surface area contributed by atoms with Gasteiger partial charge in [0.15, 0.2) is 0 Å². The van der Waals surface area contributed by atoms with Crippen LogP contribution in [0.3, 0.4) is 0 Å². The van der Waals surface area contributed by atoms with Gasteiger partial charge >= 0.3 is 5.97 Å². The number of sulfonamides is 1. The van der Waals surface area contributed by atoms with Crippen LogP contribution in [0.4, 0.5) is 17.3 Å². The summed E-state index contributed by atoms with van der Waals surface area (Å²) in [6, 6.07) is 13.5. The van der Waals surface area contributed by atoms with Crippen molar-refractivity contribution in [3.05, 3.63) is 71.5 Å². The molecular formula is C19H18N4O4S. The van der Waals surface area contributed by atoms with Crippen molar-refractivity contribution < 1.29 is 18.3 Å². The molecule has 1 aromatic heterocycles. The standard InChI is InChI=1S/C19H18N4O4S/c1-12-11-13(2)21-19(20-12)22-15-5-7-16(8-6-15)23-28(26,27)17-9-3-14(4-10-17)18(24)25/h3-11,23H,1-2H3,(H,24,25)(H,20,21,22). The summed E-state index contributed by atoms with van der Waals surface area (Å²) in [7, 11) is -3.83. The Morgan fingerprint density at radius 2 is 1.43 bits per heavy atom. The molecular weight excluding hydrogens is 380 g/mol. The molecule has 3 N–H and O–H groups in total. The zero-order valence-electron chi connectivity index (χ0n) is 15.2. The number of carboxylic acid groups (broad SMARTS) is 1. The maximum Gasteiger partial charge on any atom is 0.335 e. The third-order valence-electron chi connectivity index (χ3n) is 3.79. The monoisotopic (exact) mass is 398 g/mol. The molecule has 0 fully saturated rings. The van der Waals surface area contributed by atoms with E-state index in [1.54, 1.807) is 24.3 Å². The zero-order valence-corrected chi connectivity index (χ0v) is 16.0. The van der Waals surface area contributed by atoms with Crippen LogP contribution in [0.1, 0.15) is 21.7 Å². The van der Waals surface area contributed by atoms with Gasteiger partial charge in [-0.1, -0.05) is 0 Å². The summed E-state index contributed by atoms with van der Waals surface area (Å²) in [5, 5.41) is 12.0. The first-order chi connectivity index (χ1) is 13.2. The van der Waals surface area contributed by atoms with Crippen molar-refractivity contribution in [3.63, 3.8) is 0 Å². The molecule has 1 heterocycles. The third-order valence-corrected chi connectivity index (χ3v) is 5.18. The zero-order chi connectivity index (χ0) is 20.3. The molecule has 0 bridgehead atoms. The number of rotatable bonds is 6. The first-order valence-corrected chi connectivity index (χ1v) is 9.77. The highest BCUT2D eigenvalue weighted by molar-refractivity contribution is 7.92. The summed E-state index contributed by atoms with van der Waals surface area (Å²) < 4.78 is 27.3. The van der Waals surface area contributed by atoms with E-state index in [9.17, 15) is 13.2 Å². The first kappa shape index (κ1) is 19.3. The molecule has 3 aromatic rings. The number of benzene rings is 2. The fourth-order valence-electron chi connectivity index (χ4n) is 2.52. The molecule has 0 saturated carbocycles. The van der Waals surface area contributed by atoms with Crippen LogP contribution in [0.5, 0.6) is 0 Å². The van der Waals surface area contributed by atoms with E-state index in [4.69, 9.17) is 5.11 Å². The Bertz CT molecular complexity index is 1090. The van der Waals surface area contributed by atoms with E-state index < -0.39 is 16.0 Å². The molecule has 0 aliphatic rings. The van der Waals surface area contributed by atoms with Gasteiger partial charge in [0.2, 0.25) is 5.95 Å². The lowest BCUT2D eigenvalue weighted by Crippen LogP contribution is -2.13. The van der Waals surface area contributed by atoms with Crippen LogP contribution in [0, 0.1) is 13.8 Å². The number of aromatic nitrogens is 2. The summed E-state index contributed by atoms with van der Waals surface area (Å²) in [5.74, 6) is -0.655. The van der Waals surface area contributed by atoms with Crippen molar-refractivity contribution in [1.82, 2.24) is 9.97 Å². The van der Waals surface area contributed by atoms with Crippen LogP contribution in [0.15, 0.2) is 59.5 Å². The number of nitrogens with zero attached hydrogens (tertiary/aromatic N) is 2. The van der Waals surface area contributed by atoms with Crippen molar-refractivity contribution in [2.75, 3.05) is 10.0 Å². The summed E-state index contributed by atoms with van der Waals surface area (Å²) >= 11 is 0. The predicted molar refractivity (Wildman–Crippen MR) is 105 cm³/mol. The number of carbonyl (C=O) groups is 1. The number of carboxylic acids is 1.